The third-order valence-corrected chi connectivity index (χ3v) is 2.55. The molecule has 0 radical (unpaired) electrons. The molecule has 100 valence electrons. The van der Waals surface area contributed by atoms with Gasteiger partial charge in [-0.3, -0.25) is 9.78 Å². The Labute approximate surface area is 108 Å². The fraction of sp³-hybridized carbons (Fsp3) is 0.250. The standard InChI is InChI=1S/C12H12F2N4O/c13-12(14)7-9(12)11(19)18-10(15)3-6-17-8-1-4-16-5-2-8/h1-6,9H,7H2,(H,16,17)(H2,15,18,19)/b6-3-. The first-order chi connectivity index (χ1) is 8.99. The van der Waals surface area contributed by atoms with E-state index in [0.717, 1.165) is 5.69 Å². The normalized spacial score (nSPS) is 21.4. The van der Waals surface area contributed by atoms with Gasteiger partial charge >= 0.3 is 0 Å². The van der Waals surface area contributed by atoms with E-state index in [1.807, 2.05) is 0 Å². The third kappa shape index (κ3) is 3.57. The zero-order valence-corrected chi connectivity index (χ0v) is 9.88. The van der Waals surface area contributed by atoms with Crippen LogP contribution in [0.15, 0.2) is 41.8 Å². The Balaban J connectivity index is 1.87. The quantitative estimate of drug-likeness (QED) is 0.640. The van der Waals surface area contributed by atoms with Gasteiger partial charge in [-0.05, 0) is 18.2 Å². The van der Waals surface area contributed by atoms with Crippen LogP contribution in [0.25, 0.3) is 0 Å². The molecule has 0 aromatic carbocycles. The van der Waals surface area contributed by atoms with Gasteiger partial charge in [0, 0.05) is 30.7 Å². The number of aromatic nitrogens is 1. The van der Waals surface area contributed by atoms with Crippen molar-refractivity contribution in [1.29, 1.82) is 0 Å². The summed E-state index contributed by atoms with van der Waals surface area (Å²) in [6, 6.07) is 3.46. The number of nitrogens with zero attached hydrogens (tertiary/aromatic N) is 2. The van der Waals surface area contributed by atoms with Gasteiger partial charge in [-0.25, -0.2) is 8.78 Å². The Morgan fingerprint density at radius 1 is 1.53 bits per heavy atom. The average molecular weight is 266 g/mol. The molecule has 0 spiro atoms. The van der Waals surface area contributed by atoms with Gasteiger partial charge < -0.3 is 11.1 Å². The van der Waals surface area contributed by atoms with Crippen LogP contribution in [0.5, 0.6) is 0 Å². The summed E-state index contributed by atoms with van der Waals surface area (Å²) in [7, 11) is 0. The maximum Gasteiger partial charge on any atom is 0.260 e. The van der Waals surface area contributed by atoms with E-state index in [4.69, 9.17) is 5.73 Å². The fourth-order valence-electron chi connectivity index (χ4n) is 1.40. The summed E-state index contributed by atoms with van der Waals surface area (Å²) in [4.78, 5) is 18.5. The van der Waals surface area contributed by atoms with Crippen LogP contribution in [0.1, 0.15) is 6.42 Å². The van der Waals surface area contributed by atoms with Gasteiger partial charge in [0.25, 0.3) is 11.8 Å². The topological polar surface area (TPSA) is 80.4 Å². The summed E-state index contributed by atoms with van der Waals surface area (Å²) in [6.45, 7) is 0. The highest BCUT2D eigenvalue weighted by Crippen LogP contribution is 2.49. The number of alkyl halides is 2. The predicted octanol–water partition coefficient (Wildman–Crippen LogP) is 1.55. The summed E-state index contributed by atoms with van der Waals surface area (Å²) in [5.41, 5.74) is 6.21. The Bertz CT molecular complexity index is 528. The Morgan fingerprint density at radius 3 is 2.74 bits per heavy atom. The van der Waals surface area contributed by atoms with Crippen molar-refractivity contribution < 1.29 is 13.6 Å². The SMILES string of the molecule is NC(/C=C\Nc1ccncc1)=NC(=O)C1CC1(F)F. The van der Waals surface area contributed by atoms with E-state index in [2.05, 4.69) is 15.3 Å². The number of pyridine rings is 1. The molecule has 0 bridgehead atoms. The third-order valence-electron chi connectivity index (χ3n) is 2.55. The summed E-state index contributed by atoms with van der Waals surface area (Å²) >= 11 is 0. The molecule has 1 atom stereocenters. The number of carbonyl (C=O) groups excluding carboxylic acids is 1. The zero-order valence-electron chi connectivity index (χ0n) is 9.88. The molecule has 2 rings (SSSR count). The maximum atomic E-state index is 12.6. The number of hydrogen-bond acceptors (Lipinski definition) is 3. The number of amidine groups is 1. The van der Waals surface area contributed by atoms with Crippen molar-refractivity contribution in [3.63, 3.8) is 0 Å². The molecular formula is C12H12F2N4O. The van der Waals surface area contributed by atoms with Crippen molar-refractivity contribution in [1.82, 2.24) is 4.98 Å². The van der Waals surface area contributed by atoms with Gasteiger partial charge in [0.1, 0.15) is 11.8 Å². The maximum absolute atomic E-state index is 12.6. The molecule has 19 heavy (non-hydrogen) atoms. The van der Waals surface area contributed by atoms with Crippen LogP contribution in [-0.4, -0.2) is 22.6 Å². The van der Waals surface area contributed by atoms with Crippen molar-refractivity contribution in [2.24, 2.45) is 16.6 Å². The first-order valence-corrected chi connectivity index (χ1v) is 5.58. The molecule has 1 saturated carbocycles. The van der Waals surface area contributed by atoms with Crippen molar-refractivity contribution in [3.05, 3.63) is 36.8 Å². The van der Waals surface area contributed by atoms with Gasteiger partial charge in [0.2, 0.25) is 0 Å². The lowest BCUT2D eigenvalue weighted by Crippen LogP contribution is -2.14. The number of nitrogens with two attached hydrogens (primary N) is 1. The van der Waals surface area contributed by atoms with Crippen LogP contribution in [0, 0.1) is 5.92 Å². The van der Waals surface area contributed by atoms with Gasteiger partial charge in [0.15, 0.2) is 0 Å². The highest BCUT2D eigenvalue weighted by Gasteiger charge is 2.61. The van der Waals surface area contributed by atoms with Crippen LogP contribution >= 0.6 is 0 Å². The first-order valence-electron chi connectivity index (χ1n) is 5.58. The highest BCUT2D eigenvalue weighted by atomic mass is 19.3. The number of hydrogen-bond donors (Lipinski definition) is 2. The van der Waals surface area contributed by atoms with Crippen LogP contribution in [0.2, 0.25) is 0 Å². The van der Waals surface area contributed by atoms with Gasteiger partial charge in [-0.2, -0.15) is 4.99 Å². The van der Waals surface area contributed by atoms with E-state index in [0.29, 0.717) is 0 Å². The van der Waals surface area contributed by atoms with E-state index in [1.165, 1.54) is 12.3 Å². The second-order valence-electron chi connectivity index (χ2n) is 4.11. The number of halogens is 2. The predicted molar refractivity (Wildman–Crippen MR) is 66.7 cm³/mol. The molecule has 0 saturated heterocycles. The molecule has 1 amide bonds. The highest BCUT2D eigenvalue weighted by molar-refractivity contribution is 6.01. The van der Waals surface area contributed by atoms with Gasteiger partial charge in [0.05, 0.1) is 0 Å². The lowest BCUT2D eigenvalue weighted by Gasteiger charge is -1.98. The van der Waals surface area contributed by atoms with E-state index >= 15 is 0 Å². The Kier molecular flexibility index (Phi) is 3.55. The van der Waals surface area contributed by atoms with Crippen molar-refractivity contribution >= 4 is 17.4 Å². The molecule has 7 heteroatoms. The zero-order chi connectivity index (χ0) is 13.9. The molecule has 1 unspecified atom stereocenters. The lowest BCUT2D eigenvalue weighted by molar-refractivity contribution is -0.120. The van der Waals surface area contributed by atoms with Gasteiger partial charge in [-0.15, -0.1) is 0 Å². The minimum Gasteiger partial charge on any atom is -0.384 e. The minimum absolute atomic E-state index is 0.116. The number of anilines is 1. The summed E-state index contributed by atoms with van der Waals surface area (Å²) in [5.74, 6) is -5.22. The largest absolute Gasteiger partial charge is 0.384 e. The van der Waals surface area contributed by atoms with Crippen molar-refractivity contribution in [2.45, 2.75) is 12.3 Å². The lowest BCUT2D eigenvalue weighted by atomic mass is 10.4. The molecule has 1 heterocycles. The van der Waals surface area contributed by atoms with Crippen LogP contribution in [0.4, 0.5) is 14.5 Å². The molecule has 1 aromatic rings. The number of amides is 1. The van der Waals surface area contributed by atoms with E-state index in [9.17, 15) is 13.6 Å². The summed E-state index contributed by atoms with van der Waals surface area (Å²) < 4.78 is 25.2. The summed E-state index contributed by atoms with van der Waals surface area (Å²) in [6.07, 6.45) is 5.56. The first kappa shape index (κ1) is 13.1. The van der Waals surface area contributed by atoms with Crippen molar-refractivity contribution in [3.8, 4) is 0 Å². The smallest absolute Gasteiger partial charge is 0.260 e. The Hall–Kier alpha value is -2.31. The minimum atomic E-state index is -2.92. The van der Waals surface area contributed by atoms with E-state index < -0.39 is 24.2 Å². The Morgan fingerprint density at radius 2 is 2.16 bits per heavy atom. The number of nitrogens with one attached hydrogen (secondary N) is 1. The molecule has 1 aliphatic rings. The molecule has 1 fully saturated rings. The van der Waals surface area contributed by atoms with Crippen LogP contribution in [-0.2, 0) is 4.79 Å². The van der Waals surface area contributed by atoms with E-state index in [1.54, 1.807) is 24.5 Å². The number of carbonyl (C=O) groups is 1. The van der Waals surface area contributed by atoms with Crippen LogP contribution < -0.4 is 11.1 Å². The number of aliphatic imine (C=N–C) groups is 1. The molecular weight excluding hydrogens is 254 g/mol. The number of rotatable bonds is 4. The van der Waals surface area contributed by atoms with Crippen LogP contribution in [0.3, 0.4) is 0 Å². The molecule has 5 nitrogen and oxygen atoms in total. The van der Waals surface area contributed by atoms with Crippen molar-refractivity contribution in [2.75, 3.05) is 5.32 Å². The monoisotopic (exact) mass is 266 g/mol. The molecule has 1 aliphatic carbocycles. The molecule has 1 aromatic heterocycles. The molecule has 0 aliphatic heterocycles. The second-order valence-corrected chi connectivity index (χ2v) is 4.11. The second kappa shape index (κ2) is 5.13. The summed E-state index contributed by atoms with van der Waals surface area (Å²) in [5, 5.41) is 2.87. The molecule has 3 N–H and O–H groups in total. The van der Waals surface area contributed by atoms with Gasteiger partial charge in [-0.1, -0.05) is 0 Å². The fourth-order valence-corrected chi connectivity index (χ4v) is 1.40. The van der Waals surface area contributed by atoms with E-state index in [-0.39, 0.29) is 5.84 Å². The average Bonchev–Trinajstić information content (AvgIpc) is 3.00.